The Balaban J connectivity index is 2.58. The van der Waals surface area contributed by atoms with Gasteiger partial charge in [0.1, 0.15) is 23.1 Å². The highest BCUT2D eigenvalue weighted by atomic mass is 16.5. The van der Waals surface area contributed by atoms with Crippen molar-refractivity contribution in [3.05, 3.63) is 29.8 Å². The molecular formula is C18H22O5. The molecule has 0 spiro atoms. The molecule has 0 aliphatic heterocycles. The molecule has 5 heteroatoms. The fourth-order valence-corrected chi connectivity index (χ4v) is 3.73. The summed E-state index contributed by atoms with van der Waals surface area (Å²) in [6.07, 6.45) is -0.186. The van der Waals surface area contributed by atoms with Crippen molar-refractivity contribution in [1.82, 2.24) is 0 Å². The fourth-order valence-electron chi connectivity index (χ4n) is 3.73. The third kappa shape index (κ3) is 3.20. The highest BCUT2D eigenvalue weighted by Crippen LogP contribution is 2.46. The minimum atomic E-state index is -1.46. The first-order valence-corrected chi connectivity index (χ1v) is 7.59. The molecule has 0 aromatic heterocycles. The molecule has 1 aromatic rings. The predicted molar refractivity (Wildman–Crippen MR) is 84.3 cm³/mol. The fraction of sp³-hybridized carbons (Fsp3) is 0.500. The average molecular weight is 318 g/mol. The van der Waals surface area contributed by atoms with E-state index in [1.807, 2.05) is 0 Å². The first-order chi connectivity index (χ1) is 10.7. The van der Waals surface area contributed by atoms with Crippen molar-refractivity contribution in [2.24, 2.45) is 11.8 Å². The maximum absolute atomic E-state index is 12.4. The van der Waals surface area contributed by atoms with Crippen molar-refractivity contribution in [3.8, 4) is 5.75 Å². The Kier molecular flexibility index (Phi) is 4.71. The van der Waals surface area contributed by atoms with Gasteiger partial charge in [0.2, 0.25) is 0 Å². The lowest BCUT2D eigenvalue weighted by atomic mass is 9.60. The number of Topliss-reactive ketones (excluding diaryl/α,β-unsaturated/α-hetero) is 3. The monoisotopic (exact) mass is 318 g/mol. The van der Waals surface area contributed by atoms with E-state index in [1.54, 1.807) is 31.4 Å². The molecule has 2 rings (SSSR count). The van der Waals surface area contributed by atoms with Gasteiger partial charge in [-0.25, -0.2) is 0 Å². The van der Waals surface area contributed by atoms with Gasteiger partial charge in [-0.3, -0.25) is 14.4 Å². The van der Waals surface area contributed by atoms with Crippen LogP contribution in [0.15, 0.2) is 24.3 Å². The zero-order valence-corrected chi connectivity index (χ0v) is 13.8. The summed E-state index contributed by atoms with van der Waals surface area (Å²) in [5, 5.41) is 10.6. The van der Waals surface area contributed by atoms with Crippen LogP contribution in [0.25, 0.3) is 0 Å². The van der Waals surface area contributed by atoms with Crippen molar-refractivity contribution in [2.45, 2.75) is 38.7 Å². The summed E-state index contributed by atoms with van der Waals surface area (Å²) < 4.78 is 5.12. The summed E-state index contributed by atoms with van der Waals surface area (Å²) in [5.74, 6) is -2.55. The van der Waals surface area contributed by atoms with Crippen LogP contribution < -0.4 is 4.74 Å². The van der Waals surface area contributed by atoms with Gasteiger partial charge in [-0.2, -0.15) is 0 Å². The summed E-state index contributed by atoms with van der Waals surface area (Å²) in [7, 11) is 1.54. The van der Waals surface area contributed by atoms with E-state index in [1.165, 1.54) is 20.8 Å². The Morgan fingerprint density at radius 2 is 1.74 bits per heavy atom. The van der Waals surface area contributed by atoms with Crippen molar-refractivity contribution in [3.63, 3.8) is 0 Å². The molecule has 0 saturated heterocycles. The first-order valence-electron chi connectivity index (χ1n) is 7.59. The highest BCUT2D eigenvalue weighted by molar-refractivity contribution is 6.05. The number of ketones is 3. The summed E-state index contributed by atoms with van der Waals surface area (Å²) in [5.41, 5.74) is -0.779. The van der Waals surface area contributed by atoms with E-state index in [-0.39, 0.29) is 23.8 Å². The Morgan fingerprint density at radius 3 is 2.17 bits per heavy atom. The summed E-state index contributed by atoms with van der Waals surface area (Å²) in [4.78, 5) is 36.7. The maximum Gasteiger partial charge on any atom is 0.146 e. The SMILES string of the molecule is COc1ccc([C@@H]2[C@H](C(C)=O)C(=O)C[C@@](C)(O)[C@@H]2C(C)=O)cc1. The summed E-state index contributed by atoms with van der Waals surface area (Å²) in [6, 6.07) is 6.92. The zero-order valence-electron chi connectivity index (χ0n) is 13.8. The van der Waals surface area contributed by atoms with E-state index in [4.69, 9.17) is 4.74 Å². The van der Waals surface area contributed by atoms with Crippen LogP contribution in [0.1, 0.15) is 38.7 Å². The third-order valence-corrected chi connectivity index (χ3v) is 4.64. The number of carbonyl (C=O) groups is 3. The maximum atomic E-state index is 12.4. The second-order valence-electron chi connectivity index (χ2n) is 6.48. The Labute approximate surface area is 135 Å². The van der Waals surface area contributed by atoms with Crippen molar-refractivity contribution < 1.29 is 24.2 Å². The second-order valence-corrected chi connectivity index (χ2v) is 6.48. The van der Waals surface area contributed by atoms with Crippen molar-refractivity contribution >= 4 is 17.3 Å². The van der Waals surface area contributed by atoms with Gasteiger partial charge < -0.3 is 9.84 Å². The number of ether oxygens (including phenoxy) is 1. The molecule has 1 saturated carbocycles. The largest absolute Gasteiger partial charge is 0.497 e. The van der Waals surface area contributed by atoms with Crippen LogP contribution in [0.4, 0.5) is 0 Å². The van der Waals surface area contributed by atoms with E-state index < -0.39 is 23.4 Å². The van der Waals surface area contributed by atoms with Gasteiger partial charge in [0.25, 0.3) is 0 Å². The van der Waals surface area contributed by atoms with Crippen LogP contribution in [-0.2, 0) is 14.4 Å². The molecule has 1 N–H and O–H groups in total. The topological polar surface area (TPSA) is 80.7 Å². The van der Waals surface area contributed by atoms with Crippen LogP contribution >= 0.6 is 0 Å². The molecule has 23 heavy (non-hydrogen) atoms. The first kappa shape index (κ1) is 17.3. The molecule has 0 heterocycles. The number of rotatable bonds is 4. The lowest BCUT2D eigenvalue weighted by Gasteiger charge is -2.44. The summed E-state index contributed by atoms with van der Waals surface area (Å²) in [6.45, 7) is 4.24. The summed E-state index contributed by atoms with van der Waals surface area (Å²) >= 11 is 0. The van der Waals surface area contributed by atoms with Gasteiger partial charge in [0, 0.05) is 12.3 Å². The quantitative estimate of drug-likeness (QED) is 0.858. The molecule has 0 unspecified atom stereocenters. The Bertz CT molecular complexity index is 629. The van der Waals surface area contributed by atoms with Gasteiger partial charge in [0.15, 0.2) is 0 Å². The third-order valence-electron chi connectivity index (χ3n) is 4.64. The van der Waals surface area contributed by atoms with Crippen LogP contribution in [0.3, 0.4) is 0 Å². The highest BCUT2D eigenvalue weighted by Gasteiger charge is 2.53. The average Bonchev–Trinajstić information content (AvgIpc) is 2.44. The molecule has 124 valence electrons. The number of carbonyl (C=O) groups excluding carboxylic acids is 3. The van der Waals surface area contributed by atoms with Crippen LogP contribution in [0.5, 0.6) is 5.75 Å². The van der Waals surface area contributed by atoms with Gasteiger partial charge in [0.05, 0.1) is 24.5 Å². The number of hydrogen-bond donors (Lipinski definition) is 1. The smallest absolute Gasteiger partial charge is 0.146 e. The molecule has 0 bridgehead atoms. The van der Waals surface area contributed by atoms with Gasteiger partial charge in [-0.15, -0.1) is 0 Å². The van der Waals surface area contributed by atoms with Crippen molar-refractivity contribution in [2.75, 3.05) is 7.11 Å². The van der Waals surface area contributed by atoms with E-state index in [9.17, 15) is 19.5 Å². The Hall–Kier alpha value is -2.01. The molecule has 5 nitrogen and oxygen atoms in total. The molecule has 0 amide bonds. The minimum Gasteiger partial charge on any atom is -0.497 e. The number of methoxy groups -OCH3 is 1. The van der Waals surface area contributed by atoms with Crippen LogP contribution in [0.2, 0.25) is 0 Å². The van der Waals surface area contributed by atoms with Crippen molar-refractivity contribution in [1.29, 1.82) is 0 Å². The zero-order chi connectivity index (χ0) is 17.4. The number of hydrogen-bond acceptors (Lipinski definition) is 5. The molecular weight excluding hydrogens is 296 g/mol. The van der Waals surface area contributed by atoms with Crippen LogP contribution in [0, 0.1) is 11.8 Å². The molecule has 1 aliphatic carbocycles. The lowest BCUT2D eigenvalue weighted by Crippen LogP contribution is -2.53. The molecule has 1 aromatic carbocycles. The van der Waals surface area contributed by atoms with E-state index in [0.29, 0.717) is 11.3 Å². The van der Waals surface area contributed by atoms with E-state index in [2.05, 4.69) is 0 Å². The molecule has 4 atom stereocenters. The van der Waals surface area contributed by atoms with Gasteiger partial charge >= 0.3 is 0 Å². The second kappa shape index (κ2) is 6.24. The number of benzene rings is 1. The van der Waals surface area contributed by atoms with E-state index in [0.717, 1.165) is 0 Å². The molecule has 1 aliphatic rings. The van der Waals surface area contributed by atoms with Crippen LogP contribution in [-0.4, -0.2) is 35.2 Å². The lowest BCUT2D eigenvalue weighted by molar-refractivity contribution is -0.151. The predicted octanol–water partition coefficient (Wildman–Crippen LogP) is 1.91. The Morgan fingerprint density at radius 1 is 1.17 bits per heavy atom. The van der Waals surface area contributed by atoms with E-state index >= 15 is 0 Å². The van der Waals surface area contributed by atoms with Gasteiger partial charge in [-0.05, 0) is 38.5 Å². The normalized spacial score (nSPS) is 30.8. The van der Waals surface area contributed by atoms with Gasteiger partial charge in [-0.1, -0.05) is 12.1 Å². The molecule has 1 fully saturated rings. The minimum absolute atomic E-state index is 0.186. The standard InChI is InChI=1S/C18H22O5/c1-10(19)15-14(21)9-18(3,22)17(11(2)20)16(15)12-5-7-13(23-4)8-6-12/h5-8,15-17,22H,9H2,1-4H3/t15-,16-,17-,18-/m1/s1. The number of aliphatic hydroxyl groups is 1. The molecule has 0 radical (unpaired) electrons.